The van der Waals surface area contributed by atoms with Gasteiger partial charge in [0.05, 0.1) is 18.8 Å². The van der Waals surface area contributed by atoms with Crippen molar-refractivity contribution in [2.45, 2.75) is 32.1 Å². The van der Waals surface area contributed by atoms with E-state index in [9.17, 15) is 9.90 Å². The number of carboxylic acid groups (broad SMARTS) is 1. The summed E-state index contributed by atoms with van der Waals surface area (Å²) in [7, 11) is 0. The average molecular weight is 214 g/mol. The van der Waals surface area contributed by atoms with E-state index < -0.39 is 12.6 Å². The normalized spacial score (nSPS) is 19.9. The quantitative estimate of drug-likeness (QED) is 0.608. The van der Waals surface area contributed by atoms with Gasteiger partial charge in [-0.15, -0.1) is 0 Å². The van der Waals surface area contributed by atoms with Crippen molar-refractivity contribution in [3.8, 4) is 0 Å². The molecule has 0 aromatic rings. The molecule has 0 aliphatic heterocycles. The van der Waals surface area contributed by atoms with Gasteiger partial charge in [-0.25, -0.2) is 4.79 Å². The lowest BCUT2D eigenvalue weighted by Gasteiger charge is -2.24. The number of hydrogen-bond acceptors (Lipinski definition) is 3. The molecule has 0 radical (unpaired) electrons. The van der Waals surface area contributed by atoms with Gasteiger partial charge in [-0.3, -0.25) is 0 Å². The zero-order chi connectivity index (χ0) is 11.3. The Labute approximate surface area is 89.2 Å². The molecule has 4 heteroatoms. The van der Waals surface area contributed by atoms with Crippen molar-refractivity contribution in [3.05, 3.63) is 11.1 Å². The highest BCUT2D eigenvalue weighted by molar-refractivity contribution is 5.88. The smallest absolute Gasteiger partial charge is 0.333 e. The third kappa shape index (κ3) is 3.04. The summed E-state index contributed by atoms with van der Waals surface area (Å²) in [5.41, 5.74) is 0.495. The Bertz CT molecular complexity index is 251. The standard InChI is InChI=1S/C11H18O4/c12-6-9(10(7-13)11(14)15)8-4-2-1-3-5-8/h8,12-13H,1-7H2,(H,14,15). The highest BCUT2D eigenvalue weighted by Crippen LogP contribution is 2.31. The van der Waals surface area contributed by atoms with Crippen LogP contribution in [0, 0.1) is 5.92 Å². The summed E-state index contributed by atoms with van der Waals surface area (Å²) in [6.07, 6.45) is 5.18. The van der Waals surface area contributed by atoms with Gasteiger partial charge in [0.1, 0.15) is 0 Å². The maximum Gasteiger partial charge on any atom is 0.333 e. The van der Waals surface area contributed by atoms with Crippen LogP contribution in [-0.4, -0.2) is 34.5 Å². The second-order valence-electron chi connectivity index (χ2n) is 3.96. The first-order valence-corrected chi connectivity index (χ1v) is 5.37. The summed E-state index contributed by atoms with van der Waals surface area (Å²) in [5, 5.41) is 27.1. The van der Waals surface area contributed by atoms with Crippen molar-refractivity contribution in [1.29, 1.82) is 0 Å². The molecular weight excluding hydrogens is 196 g/mol. The molecule has 1 aliphatic carbocycles. The highest BCUT2D eigenvalue weighted by atomic mass is 16.4. The van der Waals surface area contributed by atoms with E-state index in [1.54, 1.807) is 0 Å². The van der Waals surface area contributed by atoms with Crippen molar-refractivity contribution in [2.75, 3.05) is 13.2 Å². The van der Waals surface area contributed by atoms with Crippen LogP contribution in [0.25, 0.3) is 0 Å². The predicted molar refractivity (Wildman–Crippen MR) is 55.4 cm³/mol. The minimum Gasteiger partial charge on any atom is -0.478 e. The highest BCUT2D eigenvalue weighted by Gasteiger charge is 2.22. The molecule has 0 atom stereocenters. The summed E-state index contributed by atoms with van der Waals surface area (Å²) >= 11 is 0. The predicted octanol–water partition coefficient (Wildman–Crippen LogP) is 0.932. The monoisotopic (exact) mass is 214 g/mol. The minimum atomic E-state index is -1.12. The first kappa shape index (κ1) is 12.2. The zero-order valence-corrected chi connectivity index (χ0v) is 8.78. The number of aliphatic carboxylic acids is 1. The number of carbonyl (C=O) groups is 1. The summed E-state index contributed by atoms with van der Waals surface area (Å²) < 4.78 is 0. The van der Waals surface area contributed by atoms with Crippen LogP contribution in [0.4, 0.5) is 0 Å². The Morgan fingerprint density at radius 1 is 1.07 bits per heavy atom. The van der Waals surface area contributed by atoms with Crippen LogP contribution in [-0.2, 0) is 4.79 Å². The fourth-order valence-electron chi connectivity index (χ4n) is 2.23. The maximum absolute atomic E-state index is 10.8. The molecule has 0 spiro atoms. The first-order chi connectivity index (χ1) is 7.20. The van der Waals surface area contributed by atoms with Gasteiger partial charge in [0, 0.05) is 0 Å². The van der Waals surface area contributed by atoms with Crippen LogP contribution in [0.15, 0.2) is 11.1 Å². The molecule has 3 N–H and O–H groups in total. The van der Waals surface area contributed by atoms with Gasteiger partial charge in [0.2, 0.25) is 0 Å². The third-order valence-electron chi connectivity index (χ3n) is 3.07. The lowest BCUT2D eigenvalue weighted by molar-refractivity contribution is -0.133. The molecule has 0 aromatic heterocycles. The van der Waals surface area contributed by atoms with E-state index in [4.69, 9.17) is 10.2 Å². The molecule has 0 aromatic carbocycles. The molecule has 1 fully saturated rings. The van der Waals surface area contributed by atoms with Crippen molar-refractivity contribution < 1.29 is 20.1 Å². The molecule has 0 bridgehead atoms. The van der Waals surface area contributed by atoms with Crippen LogP contribution in [0.3, 0.4) is 0 Å². The largest absolute Gasteiger partial charge is 0.478 e. The fraction of sp³-hybridized carbons (Fsp3) is 0.727. The van der Waals surface area contributed by atoms with Gasteiger partial charge in [0.15, 0.2) is 0 Å². The molecular formula is C11H18O4. The van der Waals surface area contributed by atoms with E-state index in [2.05, 4.69) is 0 Å². The van der Waals surface area contributed by atoms with Crippen molar-refractivity contribution in [2.24, 2.45) is 5.92 Å². The number of hydrogen-bond donors (Lipinski definition) is 3. The first-order valence-electron chi connectivity index (χ1n) is 5.37. The Morgan fingerprint density at radius 2 is 1.67 bits per heavy atom. The van der Waals surface area contributed by atoms with E-state index >= 15 is 0 Å². The zero-order valence-electron chi connectivity index (χ0n) is 8.78. The van der Waals surface area contributed by atoms with Crippen LogP contribution in [0.1, 0.15) is 32.1 Å². The van der Waals surface area contributed by atoms with Gasteiger partial charge < -0.3 is 15.3 Å². The molecule has 1 saturated carbocycles. The summed E-state index contributed by atoms with van der Waals surface area (Å²) in [6, 6.07) is 0. The Hall–Kier alpha value is -0.870. The summed E-state index contributed by atoms with van der Waals surface area (Å²) in [4.78, 5) is 10.8. The Balaban J connectivity index is 2.87. The summed E-state index contributed by atoms with van der Waals surface area (Å²) in [5.74, 6) is -0.978. The van der Waals surface area contributed by atoms with Gasteiger partial charge in [-0.1, -0.05) is 19.3 Å². The molecule has 0 saturated heterocycles. The molecule has 15 heavy (non-hydrogen) atoms. The SMILES string of the molecule is O=C(O)C(CO)=C(CO)C1CCCCC1. The second-order valence-corrected chi connectivity index (χ2v) is 3.96. The van der Waals surface area contributed by atoms with E-state index in [0.717, 1.165) is 25.7 Å². The van der Waals surface area contributed by atoms with Crippen LogP contribution >= 0.6 is 0 Å². The molecule has 1 rings (SSSR count). The topological polar surface area (TPSA) is 77.8 Å². The maximum atomic E-state index is 10.8. The molecule has 0 amide bonds. The van der Waals surface area contributed by atoms with Crippen LogP contribution in [0.2, 0.25) is 0 Å². The average Bonchev–Trinajstić information content (AvgIpc) is 2.26. The minimum absolute atomic E-state index is 0.0237. The van der Waals surface area contributed by atoms with Crippen LogP contribution in [0.5, 0.6) is 0 Å². The number of aliphatic hydroxyl groups is 2. The lowest BCUT2D eigenvalue weighted by Crippen LogP contribution is -2.19. The Kier molecular flexibility index (Phi) is 4.78. The van der Waals surface area contributed by atoms with Crippen LogP contribution < -0.4 is 0 Å². The lowest BCUT2D eigenvalue weighted by atomic mass is 9.82. The van der Waals surface area contributed by atoms with Gasteiger partial charge in [-0.05, 0) is 24.3 Å². The van der Waals surface area contributed by atoms with E-state index in [1.165, 1.54) is 6.42 Å². The van der Waals surface area contributed by atoms with Crippen molar-refractivity contribution in [3.63, 3.8) is 0 Å². The number of aliphatic hydroxyl groups excluding tert-OH is 2. The second kappa shape index (κ2) is 5.88. The van der Waals surface area contributed by atoms with Gasteiger partial charge >= 0.3 is 5.97 Å². The molecule has 86 valence electrons. The fourth-order valence-corrected chi connectivity index (χ4v) is 2.23. The van der Waals surface area contributed by atoms with Crippen molar-refractivity contribution >= 4 is 5.97 Å². The number of carboxylic acids is 1. The third-order valence-corrected chi connectivity index (χ3v) is 3.07. The Morgan fingerprint density at radius 3 is 2.07 bits per heavy atom. The summed E-state index contributed by atoms with van der Waals surface area (Å²) in [6.45, 7) is -0.755. The molecule has 4 nitrogen and oxygen atoms in total. The molecule has 0 heterocycles. The molecule has 0 unspecified atom stereocenters. The van der Waals surface area contributed by atoms with E-state index in [-0.39, 0.29) is 18.1 Å². The van der Waals surface area contributed by atoms with Crippen molar-refractivity contribution in [1.82, 2.24) is 0 Å². The number of rotatable bonds is 4. The molecule has 1 aliphatic rings. The van der Waals surface area contributed by atoms with E-state index in [1.807, 2.05) is 0 Å². The van der Waals surface area contributed by atoms with Gasteiger partial charge in [-0.2, -0.15) is 0 Å². The van der Waals surface area contributed by atoms with Gasteiger partial charge in [0.25, 0.3) is 0 Å². The van der Waals surface area contributed by atoms with E-state index in [0.29, 0.717) is 5.57 Å².